The molecule has 9 heteroatoms. The third-order valence-electron chi connectivity index (χ3n) is 6.21. The van der Waals surface area contributed by atoms with E-state index in [-0.39, 0.29) is 23.6 Å². The van der Waals surface area contributed by atoms with Crippen LogP contribution in [0.15, 0.2) is 42.5 Å². The van der Waals surface area contributed by atoms with Crippen molar-refractivity contribution in [2.24, 2.45) is 5.92 Å². The fourth-order valence-corrected chi connectivity index (χ4v) is 4.69. The number of methoxy groups -OCH3 is 1. The highest BCUT2D eigenvalue weighted by molar-refractivity contribution is 5.82. The second-order valence-corrected chi connectivity index (χ2v) is 8.00. The lowest BCUT2D eigenvalue weighted by Gasteiger charge is -2.49. The molecular weight excluding hydrogens is 410 g/mol. The number of amides is 1. The van der Waals surface area contributed by atoms with Crippen LogP contribution in [-0.4, -0.2) is 56.8 Å². The summed E-state index contributed by atoms with van der Waals surface area (Å²) in [5.41, 5.74) is 3.25. The minimum Gasteiger partial charge on any atom is -0.383 e. The van der Waals surface area contributed by atoms with Gasteiger partial charge in [0.2, 0.25) is 5.91 Å². The SMILES string of the molecule is COCCNC(=O)C1Cc2cc([N+](=O)[O-])ccc2N2CCN(c3ccccc3C#N)CC12. The molecule has 0 saturated carbocycles. The molecule has 1 amide bonds. The highest BCUT2D eigenvalue weighted by Crippen LogP contribution is 2.39. The Morgan fingerprint density at radius 3 is 2.84 bits per heavy atom. The van der Waals surface area contributed by atoms with Gasteiger partial charge in [-0.1, -0.05) is 12.1 Å². The number of nitro groups is 1. The van der Waals surface area contributed by atoms with Gasteiger partial charge in [-0.05, 0) is 30.2 Å². The zero-order valence-electron chi connectivity index (χ0n) is 17.9. The predicted molar refractivity (Wildman–Crippen MR) is 120 cm³/mol. The van der Waals surface area contributed by atoms with Crippen LogP contribution in [0, 0.1) is 27.4 Å². The molecule has 0 aromatic heterocycles. The Morgan fingerprint density at radius 1 is 1.28 bits per heavy atom. The van der Waals surface area contributed by atoms with Crippen molar-refractivity contribution < 1.29 is 14.5 Å². The third-order valence-corrected chi connectivity index (χ3v) is 6.21. The smallest absolute Gasteiger partial charge is 0.269 e. The molecule has 2 unspecified atom stereocenters. The van der Waals surface area contributed by atoms with Gasteiger partial charge in [0.1, 0.15) is 6.07 Å². The zero-order valence-corrected chi connectivity index (χ0v) is 17.9. The number of nitrogens with one attached hydrogen (secondary N) is 1. The standard InChI is InChI=1S/C23H25N5O4/c1-32-11-8-25-23(29)19-13-17-12-18(28(30)31)6-7-21(17)27-10-9-26(15-22(19)27)20-5-3-2-4-16(20)14-24/h2-7,12,19,22H,8-11,13,15H2,1H3,(H,25,29). The first-order valence-electron chi connectivity index (χ1n) is 10.6. The minimum absolute atomic E-state index is 0.0299. The van der Waals surface area contributed by atoms with Gasteiger partial charge in [-0.25, -0.2) is 0 Å². The number of para-hydroxylation sites is 1. The molecule has 2 aliphatic heterocycles. The number of non-ortho nitro benzene ring substituents is 1. The average molecular weight is 435 g/mol. The topological polar surface area (TPSA) is 112 Å². The number of anilines is 2. The highest BCUT2D eigenvalue weighted by atomic mass is 16.6. The van der Waals surface area contributed by atoms with E-state index >= 15 is 0 Å². The molecule has 32 heavy (non-hydrogen) atoms. The van der Waals surface area contributed by atoms with Crippen molar-refractivity contribution in [3.05, 3.63) is 63.7 Å². The fourth-order valence-electron chi connectivity index (χ4n) is 4.69. The molecule has 0 radical (unpaired) electrons. The van der Waals surface area contributed by atoms with Gasteiger partial charge in [0.25, 0.3) is 5.69 Å². The van der Waals surface area contributed by atoms with Crippen molar-refractivity contribution >= 4 is 23.0 Å². The Balaban J connectivity index is 1.67. The molecule has 1 N–H and O–H groups in total. The number of rotatable bonds is 6. The molecule has 0 aliphatic carbocycles. The number of nitro benzene ring substituents is 1. The highest BCUT2D eigenvalue weighted by Gasteiger charge is 2.42. The molecule has 2 aliphatic rings. The maximum atomic E-state index is 13.1. The third kappa shape index (κ3) is 4.09. The van der Waals surface area contributed by atoms with E-state index in [4.69, 9.17) is 4.74 Å². The zero-order chi connectivity index (χ0) is 22.7. The minimum atomic E-state index is -0.406. The van der Waals surface area contributed by atoms with E-state index in [2.05, 4.69) is 21.2 Å². The number of nitriles is 1. The summed E-state index contributed by atoms with van der Waals surface area (Å²) in [6, 6.07) is 14.5. The van der Waals surface area contributed by atoms with Crippen LogP contribution >= 0.6 is 0 Å². The summed E-state index contributed by atoms with van der Waals surface area (Å²) in [6.07, 6.45) is 0.421. The number of benzene rings is 2. The number of carbonyl (C=O) groups excluding carboxylic acids is 1. The van der Waals surface area contributed by atoms with Crippen LogP contribution < -0.4 is 15.1 Å². The first-order chi connectivity index (χ1) is 15.5. The summed E-state index contributed by atoms with van der Waals surface area (Å²) in [7, 11) is 1.58. The van der Waals surface area contributed by atoms with Gasteiger partial charge in [0, 0.05) is 51.1 Å². The molecule has 166 valence electrons. The summed E-state index contributed by atoms with van der Waals surface area (Å²) in [5, 5.41) is 23.7. The fraction of sp³-hybridized carbons (Fsp3) is 0.391. The lowest BCUT2D eigenvalue weighted by Crippen LogP contribution is -2.61. The van der Waals surface area contributed by atoms with Gasteiger partial charge >= 0.3 is 0 Å². The van der Waals surface area contributed by atoms with E-state index in [1.165, 1.54) is 6.07 Å². The van der Waals surface area contributed by atoms with E-state index in [0.717, 1.165) is 16.9 Å². The summed E-state index contributed by atoms with van der Waals surface area (Å²) in [5.74, 6) is -0.469. The van der Waals surface area contributed by atoms with Crippen LogP contribution in [0.25, 0.3) is 0 Å². The van der Waals surface area contributed by atoms with Crippen molar-refractivity contribution in [3.63, 3.8) is 0 Å². The number of piperazine rings is 1. The Bertz CT molecular complexity index is 1070. The van der Waals surface area contributed by atoms with E-state index < -0.39 is 4.92 Å². The summed E-state index contributed by atoms with van der Waals surface area (Å²) >= 11 is 0. The average Bonchev–Trinajstić information content (AvgIpc) is 2.82. The van der Waals surface area contributed by atoms with Crippen molar-refractivity contribution in [3.8, 4) is 6.07 Å². The van der Waals surface area contributed by atoms with Crippen LogP contribution in [0.2, 0.25) is 0 Å². The normalized spacial score (nSPS) is 19.5. The number of nitrogens with zero attached hydrogens (tertiary/aromatic N) is 4. The van der Waals surface area contributed by atoms with E-state index in [0.29, 0.717) is 44.8 Å². The second-order valence-electron chi connectivity index (χ2n) is 8.00. The quantitative estimate of drug-likeness (QED) is 0.420. The van der Waals surface area contributed by atoms with E-state index in [1.807, 2.05) is 18.2 Å². The molecular formula is C23H25N5O4. The number of fused-ring (bicyclic) bond motifs is 3. The molecule has 0 spiro atoms. The number of hydrogen-bond acceptors (Lipinski definition) is 7. The van der Waals surface area contributed by atoms with Crippen LogP contribution in [0.4, 0.5) is 17.1 Å². The van der Waals surface area contributed by atoms with Gasteiger partial charge in [0.05, 0.1) is 34.7 Å². The van der Waals surface area contributed by atoms with Crippen molar-refractivity contribution in [1.82, 2.24) is 5.32 Å². The van der Waals surface area contributed by atoms with E-state index in [9.17, 15) is 20.2 Å². The van der Waals surface area contributed by atoms with Crippen LogP contribution in [0.5, 0.6) is 0 Å². The summed E-state index contributed by atoms with van der Waals surface area (Å²) < 4.78 is 5.05. The largest absolute Gasteiger partial charge is 0.383 e. The molecule has 4 rings (SSSR count). The molecule has 9 nitrogen and oxygen atoms in total. The van der Waals surface area contributed by atoms with Crippen LogP contribution in [0.3, 0.4) is 0 Å². The molecule has 1 saturated heterocycles. The van der Waals surface area contributed by atoms with Crippen molar-refractivity contribution in [1.29, 1.82) is 5.26 Å². The van der Waals surface area contributed by atoms with Gasteiger partial charge in [-0.2, -0.15) is 5.26 Å². The van der Waals surface area contributed by atoms with Crippen LogP contribution in [0.1, 0.15) is 11.1 Å². The molecule has 2 aromatic carbocycles. The lowest BCUT2D eigenvalue weighted by atomic mass is 9.83. The first kappa shape index (κ1) is 21.6. The van der Waals surface area contributed by atoms with E-state index in [1.54, 1.807) is 25.3 Å². The molecule has 2 atom stereocenters. The monoisotopic (exact) mass is 435 g/mol. The predicted octanol–water partition coefficient (Wildman–Crippen LogP) is 2.10. The number of ether oxygens (including phenoxy) is 1. The van der Waals surface area contributed by atoms with Gasteiger partial charge in [-0.15, -0.1) is 0 Å². The Labute approximate surface area is 186 Å². The number of carbonyl (C=O) groups is 1. The maximum Gasteiger partial charge on any atom is 0.269 e. The summed E-state index contributed by atoms with van der Waals surface area (Å²) in [6.45, 7) is 2.73. The van der Waals surface area contributed by atoms with Gasteiger partial charge < -0.3 is 19.9 Å². The first-order valence-corrected chi connectivity index (χ1v) is 10.6. The Kier molecular flexibility index (Phi) is 6.23. The molecule has 0 bridgehead atoms. The lowest BCUT2D eigenvalue weighted by molar-refractivity contribution is -0.384. The van der Waals surface area contributed by atoms with Crippen LogP contribution in [-0.2, 0) is 16.0 Å². The second kappa shape index (κ2) is 9.24. The Morgan fingerprint density at radius 2 is 2.09 bits per heavy atom. The summed E-state index contributed by atoms with van der Waals surface area (Å²) in [4.78, 5) is 28.4. The Hall–Kier alpha value is -3.64. The molecule has 2 aromatic rings. The molecule has 2 heterocycles. The van der Waals surface area contributed by atoms with Gasteiger partial charge in [-0.3, -0.25) is 14.9 Å². The van der Waals surface area contributed by atoms with Gasteiger partial charge in [0.15, 0.2) is 0 Å². The van der Waals surface area contributed by atoms with Crippen molar-refractivity contribution in [2.45, 2.75) is 12.5 Å². The van der Waals surface area contributed by atoms with Crippen molar-refractivity contribution in [2.75, 3.05) is 49.7 Å². The number of hydrogen-bond donors (Lipinski definition) is 1. The molecule has 1 fully saturated rings. The maximum absolute atomic E-state index is 13.1.